The Balaban J connectivity index is 1.91. The molecule has 4 heteroatoms. The largest absolute Gasteiger partial charge is 0.324 e. The minimum atomic E-state index is -2.86. The molecule has 106 valence electrons. The Hall–Kier alpha value is -0.870. The summed E-state index contributed by atoms with van der Waals surface area (Å²) < 4.78 is 22.9. The molecule has 1 unspecified atom stereocenters. The van der Waals surface area contributed by atoms with Crippen molar-refractivity contribution in [1.29, 1.82) is 0 Å². The number of nitrogens with two attached hydrogens (primary N) is 1. The Kier molecular flexibility index (Phi) is 4.63. The monoisotopic (exact) mass is 281 g/mol. The van der Waals surface area contributed by atoms with Crippen LogP contribution < -0.4 is 5.73 Å². The summed E-state index contributed by atoms with van der Waals surface area (Å²) in [6.07, 6.45) is 4.95. The summed E-state index contributed by atoms with van der Waals surface area (Å²) in [5, 5.41) is 0. The first-order valence-electron chi connectivity index (χ1n) is 7.09. The number of sulfone groups is 1. The van der Waals surface area contributed by atoms with E-state index in [2.05, 4.69) is 18.2 Å². The predicted octanol–water partition coefficient (Wildman–Crippen LogP) is 2.39. The number of benzene rings is 1. The van der Waals surface area contributed by atoms with Gasteiger partial charge < -0.3 is 5.73 Å². The molecule has 0 saturated carbocycles. The Bertz CT molecular complexity index is 537. The number of rotatable bonds is 6. The van der Waals surface area contributed by atoms with Gasteiger partial charge in [0.15, 0.2) is 0 Å². The van der Waals surface area contributed by atoms with Crippen LogP contribution in [0.3, 0.4) is 0 Å². The predicted molar refractivity (Wildman–Crippen MR) is 79.0 cm³/mol. The number of hydrogen-bond acceptors (Lipinski definition) is 3. The molecule has 1 atom stereocenters. The highest BCUT2D eigenvalue weighted by molar-refractivity contribution is 7.91. The molecule has 1 aromatic carbocycles. The van der Waals surface area contributed by atoms with Crippen molar-refractivity contribution in [2.75, 3.05) is 11.5 Å². The van der Waals surface area contributed by atoms with Crippen molar-refractivity contribution >= 4 is 9.84 Å². The zero-order valence-corrected chi connectivity index (χ0v) is 12.4. The minimum absolute atomic E-state index is 0.0436. The van der Waals surface area contributed by atoms with Crippen LogP contribution in [0, 0.1) is 0 Å². The normalized spacial score (nSPS) is 16.3. The number of fused-ring (bicyclic) bond motifs is 1. The molecular formula is C15H23NO2S. The molecule has 2 N–H and O–H groups in total. The van der Waals surface area contributed by atoms with Crippen molar-refractivity contribution in [3.8, 4) is 0 Å². The van der Waals surface area contributed by atoms with Crippen LogP contribution in [0.1, 0.15) is 48.9 Å². The fraction of sp³-hybridized carbons (Fsp3) is 0.600. The molecule has 1 aliphatic rings. The van der Waals surface area contributed by atoms with Crippen LogP contribution in [-0.4, -0.2) is 19.9 Å². The van der Waals surface area contributed by atoms with E-state index < -0.39 is 9.84 Å². The Morgan fingerprint density at radius 3 is 2.74 bits per heavy atom. The molecule has 1 aliphatic carbocycles. The first-order chi connectivity index (χ1) is 9.02. The second kappa shape index (κ2) is 6.06. The lowest BCUT2D eigenvalue weighted by Crippen LogP contribution is -2.14. The standard InChI is InChI=1S/C15H23NO2S/c1-2-19(17,18)10-4-7-15(16)14-9-8-12-5-3-6-13(12)11-14/h8-9,11,15H,2-7,10,16H2,1H3. The zero-order valence-electron chi connectivity index (χ0n) is 11.6. The van der Waals surface area contributed by atoms with E-state index in [1.807, 2.05) is 0 Å². The topological polar surface area (TPSA) is 60.2 Å². The number of aryl methyl sites for hydroxylation is 2. The van der Waals surface area contributed by atoms with E-state index in [0.717, 1.165) is 18.4 Å². The summed E-state index contributed by atoms with van der Waals surface area (Å²) >= 11 is 0. The average Bonchev–Trinajstić information content (AvgIpc) is 2.85. The van der Waals surface area contributed by atoms with Crippen LogP contribution in [0.25, 0.3) is 0 Å². The first-order valence-corrected chi connectivity index (χ1v) is 8.91. The summed E-state index contributed by atoms with van der Waals surface area (Å²) in [7, 11) is -2.86. The maximum Gasteiger partial charge on any atom is 0.150 e. The first kappa shape index (κ1) is 14.5. The van der Waals surface area contributed by atoms with Crippen molar-refractivity contribution < 1.29 is 8.42 Å². The lowest BCUT2D eigenvalue weighted by molar-refractivity contribution is 0.584. The maximum atomic E-state index is 11.4. The molecule has 0 aliphatic heterocycles. The summed E-state index contributed by atoms with van der Waals surface area (Å²) in [4.78, 5) is 0. The van der Waals surface area contributed by atoms with Gasteiger partial charge in [-0.1, -0.05) is 25.1 Å². The van der Waals surface area contributed by atoms with Crippen LogP contribution in [0.4, 0.5) is 0 Å². The smallest absolute Gasteiger partial charge is 0.150 e. The molecule has 1 aromatic rings. The second-order valence-electron chi connectivity index (χ2n) is 5.37. The minimum Gasteiger partial charge on any atom is -0.324 e. The van der Waals surface area contributed by atoms with Crippen LogP contribution in [0.5, 0.6) is 0 Å². The third-order valence-corrected chi connectivity index (χ3v) is 5.75. The third-order valence-electron chi connectivity index (χ3n) is 3.96. The molecule has 0 aromatic heterocycles. The van der Waals surface area contributed by atoms with Gasteiger partial charge in [-0.25, -0.2) is 8.42 Å². The highest BCUT2D eigenvalue weighted by Crippen LogP contribution is 2.26. The third kappa shape index (κ3) is 3.80. The van der Waals surface area contributed by atoms with E-state index in [-0.39, 0.29) is 17.5 Å². The van der Waals surface area contributed by atoms with E-state index in [1.54, 1.807) is 6.92 Å². The van der Waals surface area contributed by atoms with E-state index in [4.69, 9.17) is 5.73 Å². The zero-order chi connectivity index (χ0) is 13.9. The van der Waals surface area contributed by atoms with Gasteiger partial charge in [0.2, 0.25) is 0 Å². The molecule has 0 fully saturated rings. The van der Waals surface area contributed by atoms with Gasteiger partial charge in [0, 0.05) is 11.8 Å². The van der Waals surface area contributed by atoms with Crippen LogP contribution >= 0.6 is 0 Å². The molecular weight excluding hydrogens is 258 g/mol. The molecule has 0 heterocycles. The summed E-state index contributed by atoms with van der Waals surface area (Å²) in [5.41, 5.74) is 10.2. The maximum absolute atomic E-state index is 11.4. The molecule has 0 bridgehead atoms. The fourth-order valence-electron chi connectivity index (χ4n) is 2.66. The van der Waals surface area contributed by atoms with E-state index in [1.165, 1.54) is 24.0 Å². The van der Waals surface area contributed by atoms with Crippen LogP contribution in [0.15, 0.2) is 18.2 Å². The summed E-state index contributed by atoms with van der Waals surface area (Å²) in [6, 6.07) is 6.45. The van der Waals surface area contributed by atoms with Gasteiger partial charge in [0.05, 0.1) is 5.75 Å². The highest BCUT2D eigenvalue weighted by Gasteiger charge is 2.14. The van der Waals surface area contributed by atoms with E-state index in [0.29, 0.717) is 6.42 Å². The average molecular weight is 281 g/mol. The van der Waals surface area contributed by atoms with Gasteiger partial charge in [-0.15, -0.1) is 0 Å². The lowest BCUT2D eigenvalue weighted by Gasteiger charge is -2.13. The van der Waals surface area contributed by atoms with Crippen LogP contribution in [-0.2, 0) is 22.7 Å². The van der Waals surface area contributed by atoms with Gasteiger partial charge in [0.1, 0.15) is 9.84 Å². The fourth-order valence-corrected chi connectivity index (χ4v) is 3.55. The van der Waals surface area contributed by atoms with Gasteiger partial charge in [-0.2, -0.15) is 0 Å². The lowest BCUT2D eigenvalue weighted by atomic mass is 9.99. The van der Waals surface area contributed by atoms with Gasteiger partial charge in [-0.3, -0.25) is 0 Å². The van der Waals surface area contributed by atoms with Gasteiger partial charge in [0.25, 0.3) is 0 Å². The quantitative estimate of drug-likeness (QED) is 0.871. The highest BCUT2D eigenvalue weighted by atomic mass is 32.2. The SMILES string of the molecule is CCS(=O)(=O)CCCC(N)c1ccc2c(c1)CCC2. The Morgan fingerprint density at radius 2 is 2.00 bits per heavy atom. The van der Waals surface area contributed by atoms with E-state index >= 15 is 0 Å². The Morgan fingerprint density at radius 1 is 1.26 bits per heavy atom. The van der Waals surface area contributed by atoms with Crippen molar-refractivity contribution in [2.24, 2.45) is 5.73 Å². The Labute approximate surface area is 116 Å². The molecule has 2 rings (SSSR count). The molecule has 3 nitrogen and oxygen atoms in total. The van der Waals surface area contributed by atoms with Crippen molar-refractivity contribution in [1.82, 2.24) is 0 Å². The van der Waals surface area contributed by atoms with Gasteiger partial charge in [-0.05, 0) is 48.8 Å². The summed E-state index contributed by atoms with van der Waals surface area (Å²) in [6.45, 7) is 1.69. The molecule has 0 saturated heterocycles. The second-order valence-corrected chi connectivity index (χ2v) is 7.84. The summed E-state index contributed by atoms with van der Waals surface area (Å²) in [5.74, 6) is 0.475. The van der Waals surface area contributed by atoms with Gasteiger partial charge >= 0.3 is 0 Å². The molecule has 19 heavy (non-hydrogen) atoms. The molecule has 0 radical (unpaired) electrons. The van der Waals surface area contributed by atoms with Crippen LogP contribution in [0.2, 0.25) is 0 Å². The molecule has 0 spiro atoms. The number of hydrogen-bond donors (Lipinski definition) is 1. The van der Waals surface area contributed by atoms with Crippen molar-refractivity contribution in [3.05, 3.63) is 34.9 Å². The van der Waals surface area contributed by atoms with Crippen molar-refractivity contribution in [2.45, 2.75) is 45.1 Å². The van der Waals surface area contributed by atoms with Crippen molar-refractivity contribution in [3.63, 3.8) is 0 Å². The van der Waals surface area contributed by atoms with E-state index in [9.17, 15) is 8.42 Å². The molecule has 0 amide bonds.